The van der Waals surface area contributed by atoms with Crippen molar-refractivity contribution in [2.45, 2.75) is 37.7 Å². The molecular weight excluding hydrogens is 424 g/mol. The third-order valence-electron chi connectivity index (χ3n) is 4.99. The monoisotopic (exact) mass is 452 g/mol. The Bertz CT molecular complexity index is 1110. The van der Waals surface area contributed by atoms with Crippen molar-refractivity contribution in [3.05, 3.63) is 90.0 Å². The highest BCUT2D eigenvalue weighted by Crippen LogP contribution is 2.17. The van der Waals surface area contributed by atoms with Gasteiger partial charge in [0.15, 0.2) is 6.10 Å². The van der Waals surface area contributed by atoms with Gasteiger partial charge in [-0.15, -0.1) is 0 Å². The van der Waals surface area contributed by atoms with Gasteiger partial charge in [0.1, 0.15) is 5.75 Å². The summed E-state index contributed by atoms with van der Waals surface area (Å²) in [6, 6.07) is 23.3. The first-order chi connectivity index (χ1) is 15.4. The molecule has 0 fully saturated rings. The molecule has 7 heteroatoms. The zero-order valence-corrected chi connectivity index (χ0v) is 19.1. The number of rotatable bonds is 10. The van der Waals surface area contributed by atoms with Crippen LogP contribution >= 0.6 is 0 Å². The molecule has 6 nitrogen and oxygen atoms in total. The molecule has 0 aliphatic carbocycles. The second-order valence-electron chi connectivity index (χ2n) is 7.40. The third kappa shape index (κ3) is 6.67. The fourth-order valence-electron chi connectivity index (χ4n) is 3.08. The Labute approximate surface area is 189 Å². The number of carbonyl (C=O) groups excluding carboxylic acids is 1. The Hall–Kier alpha value is -3.16. The molecule has 0 aromatic heterocycles. The van der Waals surface area contributed by atoms with Crippen molar-refractivity contribution in [3.63, 3.8) is 0 Å². The fourth-order valence-corrected chi connectivity index (χ4v) is 4.11. The Morgan fingerprint density at radius 2 is 1.56 bits per heavy atom. The van der Waals surface area contributed by atoms with E-state index in [1.165, 1.54) is 17.7 Å². The van der Waals surface area contributed by atoms with Gasteiger partial charge in [-0.05, 0) is 67.3 Å². The molecule has 3 rings (SSSR count). The molecule has 0 saturated heterocycles. The van der Waals surface area contributed by atoms with Crippen molar-refractivity contribution in [2.24, 2.45) is 0 Å². The minimum atomic E-state index is -3.63. The molecule has 0 heterocycles. The minimum Gasteiger partial charge on any atom is -0.481 e. The molecule has 0 aliphatic rings. The summed E-state index contributed by atoms with van der Waals surface area (Å²) in [6.07, 6.45) is 0.836. The Balaban J connectivity index is 1.52. The highest BCUT2D eigenvalue weighted by molar-refractivity contribution is 7.89. The van der Waals surface area contributed by atoms with E-state index in [4.69, 9.17) is 4.74 Å². The number of hydrogen-bond acceptors (Lipinski definition) is 4. The first-order valence-electron chi connectivity index (χ1n) is 10.6. The summed E-state index contributed by atoms with van der Waals surface area (Å²) in [7, 11) is -3.63. The lowest BCUT2D eigenvalue weighted by Gasteiger charge is -2.15. The van der Waals surface area contributed by atoms with Gasteiger partial charge in [0.05, 0.1) is 4.90 Å². The molecule has 0 saturated carbocycles. The molecule has 3 aromatic rings. The Kier molecular flexibility index (Phi) is 8.03. The number of amides is 1. The van der Waals surface area contributed by atoms with E-state index in [1.54, 1.807) is 19.1 Å². The van der Waals surface area contributed by atoms with Crippen molar-refractivity contribution in [1.29, 1.82) is 0 Å². The minimum absolute atomic E-state index is 0.142. The predicted octanol–water partition coefficient (Wildman–Crippen LogP) is 4.18. The molecule has 1 amide bonds. The largest absolute Gasteiger partial charge is 0.481 e. The number of sulfonamides is 1. The summed E-state index contributed by atoms with van der Waals surface area (Å²) in [5.41, 5.74) is 2.75. The summed E-state index contributed by atoms with van der Waals surface area (Å²) in [4.78, 5) is 12.6. The summed E-state index contributed by atoms with van der Waals surface area (Å²) in [6.45, 7) is 4.04. The first kappa shape index (κ1) is 23.5. The van der Waals surface area contributed by atoms with Crippen LogP contribution in [0, 0.1) is 0 Å². The molecule has 1 atom stereocenters. The van der Waals surface area contributed by atoms with Crippen LogP contribution in [0.3, 0.4) is 0 Å². The molecule has 3 aromatic carbocycles. The van der Waals surface area contributed by atoms with E-state index in [2.05, 4.69) is 17.0 Å². The number of benzene rings is 3. The lowest BCUT2D eigenvalue weighted by molar-refractivity contribution is -0.122. The summed E-state index contributed by atoms with van der Waals surface area (Å²) in [5.74, 6) is 0.300. The molecule has 0 spiro atoms. The maximum Gasteiger partial charge on any atom is 0.265 e. The lowest BCUT2D eigenvalue weighted by atomic mass is 10.2. The normalized spacial score (nSPS) is 12.2. The van der Waals surface area contributed by atoms with Crippen molar-refractivity contribution in [3.8, 4) is 5.75 Å². The maximum atomic E-state index is 12.5. The zero-order valence-electron chi connectivity index (χ0n) is 18.2. The summed E-state index contributed by atoms with van der Waals surface area (Å²) >= 11 is 0. The van der Waals surface area contributed by atoms with Gasteiger partial charge >= 0.3 is 0 Å². The third-order valence-corrected chi connectivity index (χ3v) is 6.47. The number of aryl methyl sites for hydroxylation is 1. The van der Waals surface area contributed by atoms with Gasteiger partial charge in [-0.3, -0.25) is 4.79 Å². The van der Waals surface area contributed by atoms with E-state index in [0.717, 1.165) is 12.0 Å². The summed E-state index contributed by atoms with van der Waals surface area (Å²) < 4.78 is 33.3. The van der Waals surface area contributed by atoms with Gasteiger partial charge in [0.25, 0.3) is 5.91 Å². The number of anilines is 1. The highest BCUT2D eigenvalue weighted by atomic mass is 32.2. The van der Waals surface area contributed by atoms with Crippen LogP contribution in [-0.4, -0.2) is 27.0 Å². The van der Waals surface area contributed by atoms with Crippen LogP contribution < -0.4 is 14.8 Å². The molecule has 32 heavy (non-hydrogen) atoms. The van der Waals surface area contributed by atoms with Crippen molar-refractivity contribution in [1.82, 2.24) is 4.72 Å². The van der Waals surface area contributed by atoms with E-state index in [9.17, 15) is 13.2 Å². The zero-order chi connectivity index (χ0) is 23.0. The average Bonchev–Trinajstić information content (AvgIpc) is 2.80. The van der Waals surface area contributed by atoms with Crippen LogP contribution in [0.2, 0.25) is 0 Å². The SMILES string of the molecule is CCc1ccc(OC(C)C(=O)Nc2ccc(S(=O)(=O)NCCc3ccccc3)cc2)cc1. The molecule has 0 radical (unpaired) electrons. The molecule has 0 bridgehead atoms. The van der Waals surface area contributed by atoms with E-state index in [0.29, 0.717) is 24.4 Å². The van der Waals surface area contributed by atoms with Crippen LogP contribution in [0.4, 0.5) is 5.69 Å². The van der Waals surface area contributed by atoms with Crippen LogP contribution in [0.5, 0.6) is 5.75 Å². The predicted molar refractivity (Wildman–Crippen MR) is 126 cm³/mol. The van der Waals surface area contributed by atoms with E-state index < -0.39 is 16.1 Å². The van der Waals surface area contributed by atoms with Gasteiger partial charge < -0.3 is 10.1 Å². The molecule has 0 aliphatic heterocycles. The Morgan fingerprint density at radius 3 is 2.19 bits per heavy atom. The smallest absolute Gasteiger partial charge is 0.265 e. The molecule has 168 valence electrons. The lowest BCUT2D eigenvalue weighted by Crippen LogP contribution is -2.30. The number of nitrogens with one attached hydrogen (secondary N) is 2. The number of hydrogen-bond donors (Lipinski definition) is 2. The molecule has 1 unspecified atom stereocenters. The Morgan fingerprint density at radius 1 is 0.906 bits per heavy atom. The van der Waals surface area contributed by atoms with E-state index in [1.807, 2.05) is 54.6 Å². The van der Waals surface area contributed by atoms with Gasteiger partial charge in [-0.1, -0.05) is 49.4 Å². The topological polar surface area (TPSA) is 84.5 Å². The van der Waals surface area contributed by atoms with Gasteiger partial charge in [0.2, 0.25) is 10.0 Å². The highest BCUT2D eigenvalue weighted by Gasteiger charge is 2.17. The second-order valence-corrected chi connectivity index (χ2v) is 9.17. The molecule has 2 N–H and O–H groups in total. The average molecular weight is 453 g/mol. The summed E-state index contributed by atoms with van der Waals surface area (Å²) in [5, 5.41) is 2.75. The van der Waals surface area contributed by atoms with Crippen LogP contribution in [0.25, 0.3) is 0 Å². The quantitative estimate of drug-likeness (QED) is 0.483. The second kappa shape index (κ2) is 10.9. The van der Waals surface area contributed by atoms with Crippen molar-refractivity contribution >= 4 is 21.6 Å². The van der Waals surface area contributed by atoms with Gasteiger partial charge in [-0.25, -0.2) is 13.1 Å². The van der Waals surface area contributed by atoms with Crippen LogP contribution in [0.1, 0.15) is 25.0 Å². The van der Waals surface area contributed by atoms with Crippen LogP contribution in [-0.2, 0) is 27.7 Å². The molecular formula is C25H28N2O4S. The van der Waals surface area contributed by atoms with Crippen molar-refractivity contribution < 1.29 is 17.9 Å². The first-order valence-corrected chi connectivity index (χ1v) is 12.1. The van der Waals surface area contributed by atoms with Crippen LogP contribution in [0.15, 0.2) is 83.8 Å². The fraction of sp³-hybridized carbons (Fsp3) is 0.240. The van der Waals surface area contributed by atoms with E-state index >= 15 is 0 Å². The number of ether oxygens (including phenoxy) is 1. The van der Waals surface area contributed by atoms with Gasteiger partial charge in [-0.2, -0.15) is 0 Å². The number of carbonyl (C=O) groups is 1. The van der Waals surface area contributed by atoms with E-state index in [-0.39, 0.29) is 10.8 Å². The standard InChI is InChI=1S/C25H28N2O4S/c1-3-20-9-13-23(14-10-20)31-19(2)25(28)27-22-11-15-24(16-12-22)32(29,30)26-18-17-21-7-5-4-6-8-21/h4-16,19,26H,3,17-18H2,1-2H3,(H,27,28). The van der Waals surface area contributed by atoms with Crippen molar-refractivity contribution in [2.75, 3.05) is 11.9 Å². The van der Waals surface area contributed by atoms with Gasteiger partial charge in [0, 0.05) is 12.2 Å². The maximum absolute atomic E-state index is 12.5.